The summed E-state index contributed by atoms with van der Waals surface area (Å²) in [7, 11) is 1.65. The number of amides is 1. The van der Waals surface area contributed by atoms with Crippen LogP contribution in [0.4, 0.5) is 0 Å². The van der Waals surface area contributed by atoms with Crippen LogP contribution < -0.4 is 10.1 Å². The zero-order valence-corrected chi connectivity index (χ0v) is 14.6. The highest BCUT2D eigenvalue weighted by Gasteiger charge is 2.20. The standard InChI is InChI=1S/C19H25N3O2/c1-13(15-8-4-7-11-18(15)24-3)20-19(23)12-22-14(2)21-16-9-5-6-10-17(16)22/h4,7-8,11,13H,5-6,9-10,12H2,1-3H3,(H,20,23)/t13-/m0/s1. The van der Waals surface area contributed by atoms with Gasteiger partial charge in [-0.25, -0.2) is 4.98 Å². The summed E-state index contributed by atoms with van der Waals surface area (Å²) in [5, 5.41) is 3.08. The molecule has 0 radical (unpaired) electrons. The Morgan fingerprint density at radius 1 is 1.33 bits per heavy atom. The maximum atomic E-state index is 12.5. The van der Waals surface area contributed by atoms with Crippen molar-refractivity contribution < 1.29 is 9.53 Å². The Labute approximate surface area is 143 Å². The monoisotopic (exact) mass is 327 g/mol. The van der Waals surface area contributed by atoms with Crippen LogP contribution >= 0.6 is 0 Å². The molecule has 5 nitrogen and oxygen atoms in total. The molecule has 0 saturated carbocycles. The molecule has 1 aliphatic carbocycles. The summed E-state index contributed by atoms with van der Waals surface area (Å²) >= 11 is 0. The lowest BCUT2D eigenvalue weighted by molar-refractivity contribution is -0.122. The third-order valence-electron chi connectivity index (χ3n) is 4.71. The van der Waals surface area contributed by atoms with Gasteiger partial charge in [-0.05, 0) is 45.6 Å². The van der Waals surface area contributed by atoms with Crippen LogP contribution in [-0.4, -0.2) is 22.6 Å². The highest BCUT2D eigenvalue weighted by molar-refractivity contribution is 5.76. The van der Waals surface area contributed by atoms with Gasteiger partial charge in [-0.2, -0.15) is 0 Å². The average molecular weight is 327 g/mol. The summed E-state index contributed by atoms with van der Waals surface area (Å²) < 4.78 is 7.45. The van der Waals surface area contributed by atoms with Gasteiger partial charge in [-0.3, -0.25) is 4.79 Å². The minimum Gasteiger partial charge on any atom is -0.496 e. The lowest BCUT2D eigenvalue weighted by Gasteiger charge is -2.19. The summed E-state index contributed by atoms with van der Waals surface area (Å²) in [6, 6.07) is 7.67. The van der Waals surface area contributed by atoms with E-state index in [1.54, 1.807) is 7.11 Å². The lowest BCUT2D eigenvalue weighted by atomic mass is 10.0. The molecule has 0 fully saturated rings. The topological polar surface area (TPSA) is 56.1 Å². The van der Waals surface area contributed by atoms with Crippen LogP contribution in [0.3, 0.4) is 0 Å². The number of aryl methyl sites for hydroxylation is 2. The molecule has 0 bridgehead atoms. The van der Waals surface area contributed by atoms with Gasteiger partial charge in [0.05, 0.1) is 18.8 Å². The zero-order chi connectivity index (χ0) is 17.1. The summed E-state index contributed by atoms with van der Waals surface area (Å²) in [5.74, 6) is 1.73. The molecule has 3 rings (SSSR count). The van der Waals surface area contributed by atoms with Crippen molar-refractivity contribution in [3.63, 3.8) is 0 Å². The molecule has 1 N–H and O–H groups in total. The van der Waals surface area contributed by atoms with Crippen LogP contribution in [0.15, 0.2) is 24.3 Å². The van der Waals surface area contributed by atoms with E-state index in [-0.39, 0.29) is 11.9 Å². The van der Waals surface area contributed by atoms with Crippen molar-refractivity contribution in [3.8, 4) is 5.75 Å². The number of ether oxygens (including phenoxy) is 1. The number of carbonyl (C=O) groups excluding carboxylic acids is 1. The lowest BCUT2D eigenvalue weighted by Crippen LogP contribution is -2.31. The van der Waals surface area contributed by atoms with Crippen LogP contribution in [0.2, 0.25) is 0 Å². The number of methoxy groups -OCH3 is 1. The molecule has 2 aromatic rings. The highest BCUT2D eigenvalue weighted by Crippen LogP contribution is 2.25. The Morgan fingerprint density at radius 2 is 2.08 bits per heavy atom. The molecular formula is C19H25N3O2. The number of hydrogen-bond acceptors (Lipinski definition) is 3. The predicted molar refractivity (Wildman–Crippen MR) is 93.2 cm³/mol. The van der Waals surface area contributed by atoms with E-state index in [9.17, 15) is 4.79 Å². The highest BCUT2D eigenvalue weighted by atomic mass is 16.5. The third-order valence-corrected chi connectivity index (χ3v) is 4.71. The van der Waals surface area contributed by atoms with Crippen LogP contribution in [0, 0.1) is 6.92 Å². The van der Waals surface area contributed by atoms with E-state index in [4.69, 9.17) is 4.74 Å². The zero-order valence-electron chi connectivity index (χ0n) is 14.6. The second kappa shape index (κ2) is 7.07. The Kier molecular flexibility index (Phi) is 4.88. The molecule has 1 heterocycles. The van der Waals surface area contributed by atoms with E-state index < -0.39 is 0 Å². The van der Waals surface area contributed by atoms with E-state index in [0.29, 0.717) is 6.54 Å². The fourth-order valence-corrected chi connectivity index (χ4v) is 3.48. The number of benzene rings is 1. The number of imidazole rings is 1. The van der Waals surface area contributed by atoms with Gasteiger partial charge in [-0.1, -0.05) is 18.2 Å². The fourth-order valence-electron chi connectivity index (χ4n) is 3.48. The first kappa shape index (κ1) is 16.6. The summed E-state index contributed by atoms with van der Waals surface area (Å²) in [4.78, 5) is 17.2. The van der Waals surface area contributed by atoms with Crippen molar-refractivity contribution in [1.82, 2.24) is 14.9 Å². The van der Waals surface area contributed by atoms with Crippen molar-refractivity contribution in [3.05, 3.63) is 47.0 Å². The Morgan fingerprint density at radius 3 is 2.88 bits per heavy atom. The summed E-state index contributed by atoms with van der Waals surface area (Å²) in [6.45, 7) is 4.29. The number of para-hydroxylation sites is 1. The first-order chi connectivity index (χ1) is 11.6. The second-order valence-corrected chi connectivity index (χ2v) is 6.38. The maximum absolute atomic E-state index is 12.5. The minimum absolute atomic E-state index is 0.00211. The Bertz CT molecular complexity index is 736. The van der Waals surface area contributed by atoms with E-state index in [1.165, 1.54) is 24.2 Å². The van der Waals surface area contributed by atoms with Crippen LogP contribution in [0.1, 0.15) is 48.6 Å². The third kappa shape index (κ3) is 3.30. The summed E-state index contributed by atoms with van der Waals surface area (Å²) in [5.41, 5.74) is 3.39. The number of hydrogen-bond donors (Lipinski definition) is 1. The number of carbonyl (C=O) groups is 1. The SMILES string of the molecule is COc1ccccc1[C@H](C)NC(=O)Cn1c(C)nc2c1CCCC2. The van der Waals surface area contributed by atoms with Crippen molar-refractivity contribution in [2.24, 2.45) is 0 Å². The van der Waals surface area contributed by atoms with E-state index in [2.05, 4.69) is 14.9 Å². The van der Waals surface area contributed by atoms with Crippen LogP contribution in [-0.2, 0) is 24.2 Å². The normalized spacial score (nSPS) is 14.8. The van der Waals surface area contributed by atoms with Gasteiger partial charge in [0.25, 0.3) is 0 Å². The van der Waals surface area contributed by atoms with Gasteiger partial charge in [0.1, 0.15) is 18.1 Å². The molecular weight excluding hydrogens is 302 g/mol. The molecule has 0 saturated heterocycles. The number of fused-ring (bicyclic) bond motifs is 1. The molecule has 1 aromatic carbocycles. The molecule has 0 unspecified atom stereocenters. The van der Waals surface area contributed by atoms with Gasteiger partial charge in [0.15, 0.2) is 0 Å². The number of rotatable bonds is 5. The van der Waals surface area contributed by atoms with Crippen molar-refractivity contribution in [1.29, 1.82) is 0 Å². The van der Waals surface area contributed by atoms with E-state index in [0.717, 1.165) is 30.0 Å². The van der Waals surface area contributed by atoms with Crippen LogP contribution in [0.25, 0.3) is 0 Å². The maximum Gasteiger partial charge on any atom is 0.240 e. The molecule has 1 aromatic heterocycles. The van der Waals surface area contributed by atoms with Gasteiger partial charge in [-0.15, -0.1) is 0 Å². The molecule has 128 valence electrons. The largest absolute Gasteiger partial charge is 0.496 e. The molecule has 5 heteroatoms. The smallest absolute Gasteiger partial charge is 0.240 e. The molecule has 0 spiro atoms. The predicted octanol–water partition coefficient (Wildman–Crippen LogP) is 2.96. The van der Waals surface area contributed by atoms with Crippen molar-refractivity contribution >= 4 is 5.91 Å². The Balaban J connectivity index is 1.71. The second-order valence-electron chi connectivity index (χ2n) is 6.38. The molecule has 1 aliphatic rings. The van der Waals surface area contributed by atoms with Gasteiger partial charge in [0.2, 0.25) is 5.91 Å². The Hall–Kier alpha value is -2.30. The first-order valence-corrected chi connectivity index (χ1v) is 8.57. The molecule has 24 heavy (non-hydrogen) atoms. The number of nitrogens with one attached hydrogen (secondary N) is 1. The molecule has 1 atom stereocenters. The quantitative estimate of drug-likeness (QED) is 0.918. The van der Waals surface area contributed by atoms with Crippen molar-refractivity contribution in [2.45, 2.75) is 52.1 Å². The minimum atomic E-state index is -0.103. The van der Waals surface area contributed by atoms with Gasteiger partial charge >= 0.3 is 0 Å². The molecule has 0 aliphatic heterocycles. The van der Waals surface area contributed by atoms with Gasteiger partial charge < -0.3 is 14.6 Å². The van der Waals surface area contributed by atoms with Crippen molar-refractivity contribution in [2.75, 3.05) is 7.11 Å². The molecule has 1 amide bonds. The summed E-state index contributed by atoms with van der Waals surface area (Å²) in [6.07, 6.45) is 4.42. The van der Waals surface area contributed by atoms with Crippen LogP contribution in [0.5, 0.6) is 5.75 Å². The van der Waals surface area contributed by atoms with Gasteiger partial charge in [0, 0.05) is 11.3 Å². The first-order valence-electron chi connectivity index (χ1n) is 8.57. The van der Waals surface area contributed by atoms with E-state index >= 15 is 0 Å². The fraction of sp³-hybridized carbons (Fsp3) is 0.474. The average Bonchev–Trinajstić information content (AvgIpc) is 2.90. The number of aromatic nitrogens is 2. The van der Waals surface area contributed by atoms with E-state index in [1.807, 2.05) is 38.1 Å². The number of nitrogens with zero attached hydrogens (tertiary/aromatic N) is 2.